The molecule has 0 saturated carbocycles. The van der Waals surface area contributed by atoms with Crippen molar-refractivity contribution in [2.45, 2.75) is 4.90 Å². The summed E-state index contributed by atoms with van der Waals surface area (Å²) in [5, 5.41) is 10.1. The molecular weight excluding hydrogens is 509 g/mol. The summed E-state index contributed by atoms with van der Waals surface area (Å²) in [6, 6.07) is 25.0. The molecule has 0 spiro atoms. The first kappa shape index (κ1) is 25.9. The molecule has 0 aliphatic heterocycles. The Balaban J connectivity index is 1.40. The Kier molecular flexibility index (Phi) is 8.85. The van der Waals surface area contributed by atoms with E-state index in [1.54, 1.807) is 48.5 Å². The number of hydrogen-bond acceptors (Lipinski definition) is 5. The van der Waals surface area contributed by atoms with Gasteiger partial charge in [0.2, 0.25) is 5.91 Å². The van der Waals surface area contributed by atoms with Crippen LogP contribution in [0.15, 0.2) is 107 Å². The lowest BCUT2D eigenvalue weighted by molar-refractivity contribution is -0.114. The molecule has 0 saturated heterocycles. The van der Waals surface area contributed by atoms with Gasteiger partial charge >= 0.3 is 0 Å². The van der Waals surface area contributed by atoms with E-state index in [9.17, 15) is 18.8 Å². The molecule has 0 aliphatic carbocycles. The average molecular weight is 532 g/mol. The van der Waals surface area contributed by atoms with Crippen LogP contribution >= 0.6 is 23.1 Å². The quantitative estimate of drug-likeness (QED) is 0.182. The number of anilines is 2. The van der Waals surface area contributed by atoms with E-state index in [4.69, 9.17) is 0 Å². The Morgan fingerprint density at radius 2 is 1.62 bits per heavy atom. The number of thiophene rings is 1. The smallest absolute Gasteiger partial charge is 0.272 e. The van der Waals surface area contributed by atoms with Gasteiger partial charge in [-0.05, 0) is 72.1 Å². The molecule has 3 N–H and O–H groups in total. The van der Waals surface area contributed by atoms with Crippen molar-refractivity contribution >= 4 is 58.3 Å². The van der Waals surface area contributed by atoms with E-state index < -0.39 is 11.8 Å². The zero-order valence-corrected chi connectivity index (χ0v) is 21.1. The molecule has 4 aromatic rings. The Morgan fingerprint density at radius 1 is 0.838 bits per heavy atom. The summed E-state index contributed by atoms with van der Waals surface area (Å²) in [4.78, 5) is 39.7. The molecule has 0 atom stereocenters. The maximum atomic E-state index is 13.1. The predicted molar refractivity (Wildman–Crippen MR) is 147 cm³/mol. The average Bonchev–Trinajstić information content (AvgIpc) is 3.42. The van der Waals surface area contributed by atoms with Gasteiger partial charge in [-0.1, -0.05) is 30.3 Å². The van der Waals surface area contributed by atoms with Gasteiger partial charge in [-0.2, -0.15) is 0 Å². The van der Waals surface area contributed by atoms with Gasteiger partial charge in [-0.15, -0.1) is 23.1 Å². The van der Waals surface area contributed by atoms with E-state index in [0.717, 1.165) is 9.77 Å². The fourth-order valence-electron chi connectivity index (χ4n) is 3.20. The topological polar surface area (TPSA) is 87.3 Å². The van der Waals surface area contributed by atoms with E-state index in [1.807, 2.05) is 29.6 Å². The summed E-state index contributed by atoms with van der Waals surface area (Å²) in [5.74, 6) is -1.36. The van der Waals surface area contributed by atoms with Crippen molar-refractivity contribution in [1.82, 2.24) is 5.32 Å². The van der Waals surface area contributed by atoms with Crippen LogP contribution in [-0.2, 0) is 9.59 Å². The number of carbonyl (C=O) groups excluding carboxylic acids is 3. The van der Waals surface area contributed by atoms with Gasteiger partial charge in [0, 0.05) is 26.7 Å². The lowest BCUT2D eigenvalue weighted by atomic mass is 10.2. The molecule has 0 unspecified atom stereocenters. The molecule has 4 rings (SSSR count). The molecule has 186 valence electrons. The summed E-state index contributed by atoms with van der Waals surface area (Å²) < 4.78 is 13.0. The number of benzene rings is 3. The highest BCUT2D eigenvalue weighted by molar-refractivity contribution is 8.00. The van der Waals surface area contributed by atoms with Gasteiger partial charge in [0.05, 0.1) is 5.75 Å². The van der Waals surface area contributed by atoms with E-state index >= 15 is 0 Å². The van der Waals surface area contributed by atoms with Gasteiger partial charge in [0.15, 0.2) is 0 Å². The number of carbonyl (C=O) groups is 3. The minimum atomic E-state index is -0.478. The Labute approximate surface area is 221 Å². The van der Waals surface area contributed by atoms with Crippen LogP contribution < -0.4 is 16.0 Å². The van der Waals surface area contributed by atoms with Gasteiger partial charge < -0.3 is 16.0 Å². The summed E-state index contributed by atoms with van der Waals surface area (Å²) in [7, 11) is 0. The van der Waals surface area contributed by atoms with Crippen molar-refractivity contribution in [3.05, 3.63) is 118 Å². The van der Waals surface area contributed by atoms with Crippen molar-refractivity contribution < 1.29 is 18.8 Å². The molecule has 6 nitrogen and oxygen atoms in total. The van der Waals surface area contributed by atoms with Crippen LogP contribution in [0.3, 0.4) is 0 Å². The molecule has 0 aliphatic rings. The molecule has 3 aromatic carbocycles. The summed E-state index contributed by atoms with van der Waals surface area (Å²) in [6.07, 6.45) is 1.62. The summed E-state index contributed by atoms with van der Waals surface area (Å²) >= 11 is 2.74. The monoisotopic (exact) mass is 531 g/mol. The standard InChI is InChI=1S/C28H22FN3O3S2/c29-20-11-13-21(14-12-20)30-26(33)18-37-23-9-4-8-22(16-23)31-28(35)25(17-24-10-5-15-36-24)32-27(34)19-6-2-1-3-7-19/h1-17H,18H2,(H,30,33)(H,31,35)(H,32,34)/b25-17-. The second-order valence-electron chi connectivity index (χ2n) is 7.72. The molecule has 0 fully saturated rings. The number of amides is 3. The van der Waals surface area contributed by atoms with Gasteiger partial charge in [-0.25, -0.2) is 4.39 Å². The van der Waals surface area contributed by atoms with E-state index in [-0.39, 0.29) is 23.2 Å². The third kappa shape index (κ3) is 7.89. The molecule has 1 heterocycles. The highest BCUT2D eigenvalue weighted by Crippen LogP contribution is 2.23. The molecule has 0 radical (unpaired) electrons. The third-order valence-electron chi connectivity index (χ3n) is 4.95. The SMILES string of the molecule is O=C(CSc1cccc(NC(=O)/C(=C/c2cccs2)NC(=O)c2ccccc2)c1)Nc1ccc(F)cc1. The minimum absolute atomic E-state index is 0.105. The zero-order chi connectivity index (χ0) is 26.0. The molecule has 37 heavy (non-hydrogen) atoms. The van der Waals surface area contributed by atoms with Crippen molar-refractivity contribution in [3.8, 4) is 0 Å². The van der Waals surface area contributed by atoms with Crippen molar-refractivity contribution in [3.63, 3.8) is 0 Å². The number of hydrogen-bond donors (Lipinski definition) is 3. The van der Waals surface area contributed by atoms with Crippen LogP contribution in [0.2, 0.25) is 0 Å². The minimum Gasteiger partial charge on any atom is -0.325 e. The molecule has 1 aromatic heterocycles. The zero-order valence-electron chi connectivity index (χ0n) is 19.4. The second kappa shape index (κ2) is 12.7. The highest BCUT2D eigenvalue weighted by Gasteiger charge is 2.15. The van der Waals surface area contributed by atoms with Crippen molar-refractivity contribution in [2.75, 3.05) is 16.4 Å². The number of thioether (sulfide) groups is 1. The number of rotatable bonds is 9. The van der Waals surface area contributed by atoms with E-state index in [0.29, 0.717) is 16.9 Å². The van der Waals surface area contributed by atoms with Gasteiger partial charge in [0.1, 0.15) is 11.5 Å². The van der Waals surface area contributed by atoms with Crippen LogP contribution in [0.4, 0.5) is 15.8 Å². The van der Waals surface area contributed by atoms with Gasteiger partial charge in [-0.3, -0.25) is 14.4 Å². The first-order valence-electron chi connectivity index (χ1n) is 11.2. The summed E-state index contributed by atoms with van der Waals surface area (Å²) in [5.41, 5.74) is 1.56. The number of nitrogens with one attached hydrogen (secondary N) is 3. The highest BCUT2D eigenvalue weighted by atomic mass is 32.2. The fourth-order valence-corrected chi connectivity index (χ4v) is 4.61. The lowest BCUT2D eigenvalue weighted by Crippen LogP contribution is -2.30. The van der Waals surface area contributed by atoms with E-state index in [1.165, 1.54) is 47.4 Å². The Hall–Kier alpha value is -4.21. The normalized spacial score (nSPS) is 11.0. The Bertz CT molecular complexity index is 1410. The first-order chi connectivity index (χ1) is 18.0. The molecular formula is C28H22FN3O3S2. The van der Waals surface area contributed by atoms with Crippen LogP contribution in [0.1, 0.15) is 15.2 Å². The van der Waals surface area contributed by atoms with Crippen molar-refractivity contribution in [1.29, 1.82) is 0 Å². The lowest BCUT2D eigenvalue weighted by Gasteiger charge is -2.12. The van der Waals surface area contributed by atoms with Crippen LogP contribution in [0.5, 0.6) is 0 Å². The predicted octanol–water partition coefficient (Wildman–Crippen LogP) is 6.03. The maximum Gasteiger partial charge on any atom is 0.272 e. The summed E-state index contributed by atoms with van der Waals surface area (Å²) in [6.45, 7) is 0. The third-order valence-corrected chi connectivity index (χ3v) is 6.76. The van der Waals surface area contributed by atoms with Crippen LogP contribution in [0.25, 0.3) is 6.08 Å². The van der Waals surface area contributed by atoms with Crippen LogP contribution in [-0.4, -0.2) is 23.5 Å². The number of halogens is 1. The maximum absolute atomic E-state index is 13.1. The van der Waals surface area contributed by atoms with Crippen LogP contribution in [0, 0.1) is 5.82 Å². The second-order valence-corrected chi connectivity index (χ2v) is 9.75. The van der Waals surface area contributed by atoms with Gasteiger partial charge in [0.25, 0.3) is 11.8 Å². The molecule has 9 heteroatoms. The molecule has 3 amide bonds. The van der Waals surface area contributed by atoms with Crippen molar-refractivity contribution in [2.24, 2.45) is 0 Å². The fraction of sp³-hybridized carbons (Fsp3) is 0.0357. The Morgan fingerprint density at radius 3 is 2.35 bits per heavy atom. The first-order valence-corrected chi connectivity index (χ1v) is 13.0. The van der Waals surface area contributed by atoms with E-state index in [2.05, 4.69) is 16.0 Å². The largest absolute Gasteiger partial charge is 0.325 e. The molecule has 0 bridgehead atoms.